The van der Waals surface area contributed by atoms with E-state index in [1.54, 1.807) is 7.11 Å². The maximum atomic E-state index is 6.06. The van der Waals surface area contributed by atoms with Crippen LogP contribution < -0.4 is 14.8 Å². The molecule has 0 unspecified atom stereocenters. The Kier molecular flexibility index (Phi) is 6.46. The summed E-state index contributed by atoms with van der Waals surface area (Å²) in [6.45, 7) is 1.07. The third-order valence-corrected chi connectivity index (χ3v) is 5.66. The minimum Gasteiger partial charge on any atom is -0.493 e. The van der Waals surface area contributed by atoms with Gasteiger partial charge in [0.2, 0.25) is 0 Å². The van der Waals surface area contributed by atoms with E-state index in [0.717, 1.165) is 21.3 Å². The molecule has 0 radical (unpaired) electrons. The summed E-state index contributed by atoms with van der Waals surface area (Å²) in [5.41, 5.74) is 3.18. The Hall–Kier alpha value is -2.69. The SMILES string of the molecule is COc1cc(CNc2cccc3ccccc23)cc(Br)c1OCc1cccc(Cl)c1. The van der Waals surface area contributed by atoms with E-state index in [9.17, 15) is 0 Å². The summed E-state index contributed by atoms with van der Waals surface area (Å²) in [4.78, 5) is 0. The number of nitrogens with one attached hydrogen (secondary N) is 1. The Morgan fingerprint density at radius 1 is 0.900 bits per heavy atom. The van der Waals surface area contributed by atoms with Gasteiger partial charge in [0.25, 0.3) is 0 Å². The normalized spacial score (nSPS) is 10.8. The molecule has 0 fully saturated rings. The molecule has 0 aromatic heterocycles. The second-order valence-corrected chi connectivity index (χ2v) is 8.20. The van der Waals surface area contributed by atoms with Gasteiger partial charge in [-0.3, -0.25) is 0 Å². The first-order valence-corrected chi connectivity index (χ1v) is 10.8. The molecule has 0 atom stereocenters. The molecule has 0 bridgehead atoms. The molecule has 0 aliphatic rings. The third-order valence-electron chi connectivity index (χ3n) is 4.83. The zero-order chi connectivity index (χ0) is 20.9. The average molecular weight is 483 g/mol. The lowest BCUT2D eigenvalue weighted by atomic mass is 10.1. The molecule has 1 N–H and O–H groups in total. The Labute approximate surface area is 189 Å². The molecule has 3 nitrogen and oxygen atoms in total. The van der Waals surface area contributed by atoms with E-state index in [1.807, 2.05) is 36.4 Å². The van der Waals surface area contributed by atoms with Crippen LogP contribution in [0.5, 0.6) is 11.5 Å². The highest BCUT2D eigenvalue weighted by Crippen LogP contribution is 2.37. The van der Waals surface area contributed by atoms with Crippen LogP contribution in [0.1, 0.15) is 11.1 Å². The van der Waals surface area contributed by atoms with Gasteiger partial charge >= 0.3 is 0 Å². The predicted molar refractivity (Wildman–Crippen MR) is 128 cm³/mol. The van der Waals surface area contributed by atoms with E-state index in [1.165, 1.54) is 10.8 Å². The van der Waals surface area contributed by atoms with Crippen LogP contribution in [0.4, 0.5) is 5.69 Å². The number of methoxy groups -OCH3 is 1. The molecule has 4 aromatic rings. The number of ether oxygens (including phenoxy) is 2. The first-order valence-electron chi connectivity index (χ1n) is 9.59. The molecule has 0 amide bonds. The fourth-order valence-corrected chi connectivity index (χ4v) is 4.19. The summed E-state index contributed by atoms with van der Waals surface area (Å²) in [6.07, 6.45) is 0. The van der Waals surface area contributed by atoms with Gasteiger partial charge in [-0.25, -0.2) is 0 Å². The van der Waals surface area contributed by atoms with Gasteiger partial charge in [0.15, 0.2) is 11.5 Å². The van der Waals surface area contributed by atoms with Crippen molar-refractivity contribution in [2.75, 3.05) is 12.4 Å². The van der Waals surface area contributed by atoms with Crippen molar-refractivity contribution in [3.8, 4) is 11.5 Å². The van der Waals surface area contributed by atoms with E-state index < -0.39 is 0 Å². The van der Waals surface area contributed by atoms with E-state index in [-0.39, 0.29) is 0 Å². The first kappa shape index (κ1) is 20.6. The molecule has 4 rings (SSSR count). The summed E-state index contributed by atoms with van der Waals surface area (Å²) in [7, 11) is 1.65. The van der Waals surface area contributed by atoms with E-state index >= 15 is 0 Å². The van der Waals surface area contributed by atoms with Crippen LogP contribution in [0, 0.1) is 0 Å². The lowest BCUT2D eigenvalue weighted by Gasteiger charge is -2.16. The van der Waals surface area contributed by atoms with E-state index in [2.05, 4.69) is 63.7 Å². The Morgan fingerprint density at radius 2 is 1.70 bits per heavy atom. The lowest BCUT2D eigenvalue weighted by Crippen LogP contribution is -2.03. The smallest absolute Gasteiger partial charge is 0.175 e. The zero-order valence-electron chi connectivity index (χ0n) is 16.5. The van der Waals surface area contributed by atoms with Gasteiger partial charge in [-0.2, -0.15) is 0 Å². The van der Waals surface area contributed by atoms with Crippen LogP contribution in [0.3, 0.4) is 0 Å². The van der Waals surface area contributed by atoms with Crippen molar-refractivity contribution in [2.45, 2.75) is 13.2 Å². The number of rotatable bonds is 7. The van der Waals surface area contributed by atoms with Crippen LogP contribution in [0.25, 0.3) is 10.8 Å². The average Bonchev–Trinajstić information content (AvgIpc) is 2.76. The van der Waals surface area contributed by atoms with Crippen LogP contribution in [-0.2, 0) is 13.2 Å². The summed E-state index contributed by atoms with van der Waals surface area (Å²) >= 11 is 9.70. The second-order valence-electron chi connectivity index (χ2n) is 6.91. The topological polar surface area (TPSA) is 30.5 Å². The molecule has 5 heteroatoms. The van der Waals surface area contributed by atoms with Gasteiger partial charge in [0.1, 0.15) is 6.61 Å². The van der Waals surface area contributed by atoms with Crippen molar-refractivity contribution < 1.29 is 9.47 Å². The maximum Gasteiger partial charge on any atom is 0.175 e. The van der Waals surface area contributed by atoms with Crippen LogP contribution in [-0.4, -0.2) is 7.11 Å². The van der Waals surface area contributed by atoms with Crippen LogP contribution >= 0.6 is 27.5 Å². The van der Waals surface area contributed by atoms with E-state index in [4.69, 9.17) is 21.1 Å². The molecule has 0 saturated carbocycles. The van der Waals surface area contributed by atoms with Gasteiger partial charge in [0.05, 0.1) is 11.6 Å². The van der Waals surface area contributed by atoms with Gasteiger partial charge in [-0.1, -0.05) is 60.1 Å². The largest absolute Gasteiger partial charge is 0.493 e. The Balaban J connectivity index is 1.51. The minimum absolute atomic E-state index is 0.406. The maximum absolute atomic E-state index is 6.06. The highest BCUT2D eigenvalue weighted by molar-refractivity contribution is 9.10. The molecule has 0 spiro atoms. The van der Waals surface area contributed by atoms with Crippen molar-refractivity contribution in [1.29, 1.82) is 0 Å². The third kappa shape index (κ3) is 4.72. The summed E-state index contributed by atoms with van der Waals surface area (Å²) in [6, 6.07) is 26.3. The van der Waals surface area contributed by atoms with Gasteiger partial charge in [-0.15, -0.1) is 0 Å². The van der Waals surface area contributed by atoms with E-state index in [0.29, 0.717) is 29.7 Å². The number of benzene rings is 4. The molecule has 4 aromatic carbocycles. The first-order chi connectivity index (χ1) is 14.6. The minimum atomic E-state index is 0.406. The van der Waals surface area contributed by atoms with Crippen molar-refractivity contribution in [2.24, 2.45) is 0 Å². The molecule has 0 aliphatic heterocycles. The van der Waals surface area contributed by atoms with Crippen LogP contribution in [0.15, 0.2) is 83.3 Å². The number of hydrogen-bond acceptors (Lipinski definition) is 3. The highest BCUT2D eigenvalue weighted by Gasteiger charge is 2.12. The Bertz CT molecular complexity index is 1170. The van der Waals surface area contributed by atoms with Gasteiger partial charge < -0.3 is 14.8 Å². The number of anilines is 1. The summed E-state index contributed by atoms with van der Waals surface area (Å²) in [5, 5.41) is 6.64. The highest BCUT2D eigenvalue weighted by atomic mass is 79.9. The quantitative estimate of drug-likeness (QED) is 0.296. The summed E-state index contributed by atoms with van der Waals surface area (Å²) < 4.78 is 12.5. The zero-order valence-corrected chi connectivity index (χ0v) is 18.8. The Morgan fingerprint density at radius 3 is 2.53 bits per heavy atom. The summed E-state index contributed by atoms with van der Waals surface area (Å²) in [5.74, 6) is 1.35. The van der Waals surface area contributed by atoms with Gasteiger partial charge in [-0.05, 0) is 62.8 Å². The monoisotopic (exact) mass is 481 g/mol. The van der Waals surface area contributed by atoms with Crippen LogP contribution in [0.2, 0.25) is 5.02 Å². The second kappa shape index (κ2) is 9.41. The fraction of sp³-hybridized carbons (Fsp3) is 0.120. The van der Waals surface area contributed by atoms with Crippen molar-refractivity contribution >= 4 is 44.0 Å². The molecular formula is C25H21BrClNO2. The molecule has 0 aliphatic carbocycles. The standard InChI is InChI=1S/C25H21BrClNO2/c1-29-24-14-18(15-28-23-11-5-8-19-7-2-3-10-21(19)23)13-22(26)25(24)30-16-17-6-4-9-20(27)12-17/h2-14,28H,15-16H2,1H3. The van der Waals surface area contributed by atoms with Crippen molar-refractivity contribution in [1.82, 2.24) is 0 Å². The molecule has 152 valence electrons. The lowest BCUT2D eigenvalue weighted by molar-refractivity contribution is 0.282. The number of halogens is 2. The molecule has 0 heterocycles. The predicted octanol–water partition coefficient (Wildman–Crippen LogP) is 7.46. The fourth-order valence-electron chi connectivity index (χ4n) is 3.37. The molecule has 0 saturated heterocycles. The number of hydrogen-bond donors (Lipinski definition) is 1. The van der Waals surface area contributed by atoms with Gasteiger partial charge in [0, 0.05) is 22.6 Å². The molecule has 30 heavy (non-hydrogen) atoms. The van der Waals surface area contributed by atoms with Crippen molar-refractivity contribution in [3.05, 3.63) is 99.5 Å². The number of fused-ring (bicyclic) bond motifs is 1. The van der Waals surface area contributed by atoms with Crippen molar-refractivity contribution in [3.63, 3.8) is 0 Å². The molecular weight excluding hydrogens is 462 g/mol.